The van der Waals surface area contributed by atoms with Crippen molar-refractivity contribution in [1.82, 2.24) is 14.4 Å². The summed E-state index contributed by atoms with van der Waals surface area (Å²) in [5.41, 5.74) is 9.38. The van der Waals surface area contributed by atoms with Crippen LogP contribution < -0.4 is 15.5 Å². The zero-order valence-electron chi connectivity index (χ0n) is 30.0. The first-order valence-electron chi connectivity index (χ1n) is 18.5. The van der Waals surface area contributed by atoms with Crippen molar-refractivity contribution >= 4 is 39.2 Å². The Morgan fingerprint density at radius 1 is 0.688 bits per heavy atom. The van der Waals surface area contributed by atoms with Crippen LogP contribution in [0.1, 0.15) is 88.3 Å². The van der Waals surface area contributed by atoms with Crippen molar-refractivity contribution in [2.45, 2.75) is 110 Å². The van der Waals surface area contributed by atoms with E-state index >= 15 is 0 Å². The molecule has 2 aliphatic heterocycles. The van der Waals surface area contributed by atoms with E-state index in [1.165, 1.54) is 96.5 Å². The first kappa shape index (κ1) is 36.0. The highest BCUT2D eigenvalue weighted by molar-refractivity contribution is 7.80. The van der Waals surface area contributed by atoms with E-state index in [0.29, 0.717) is 12.1 Å². The van der Waals surface area contributed by atoms with Crippen molar-refractivity contribution in [2.75, 3.05) is 5.75 Å². The maximum atomic E-state index is 4.31. The second-order valence-corrected chi connectivity index (χ2v) is 14.7. The van der Waals surface area contributed by atoms with Crippen LogP contribution >= 0.6 is 12.6 Å². The minimum absolute atomic E-state index is 0.329. The van der Waals surface area contributed by atoms with Gasteiger partial charge in [0.15, 0.2) is 0 Å². The Balaban J connectivity index is 1.08. The average molecular weight is 660 g/mol. The van der Waals surface area contributed by atoms with Crippen LogP contribution in [0.4, 0.5) is 0 Å². The Bertz CT molecular complexity index is 1590. The maximum Gasteiger partial charge on any atom is 0.244 e. The molecule has 48 heavy (non-hydrogen) atoms. The van der Waals surface area contributed by atoms with Crippen LogP contribution in [-0.2, 0) is 26.2 Å². The number of hydrogen-bond acceptors (Lipinski definition) is 3. The van der Waals surface area contributed by atoms with Crippen LogP contribution in [0.25, 0.3) is 0 Å². The zero-order chi connectivity index (χ0) is 33.7. The van der Waals surface area contributed by atoms with Crippen LogP contribution in [-0.4, -0.2) is 47.9 Å². The highest BCUT2D eigenvalue weighted by Crippen LogP contribution is 2.27. The molecule has 1 aromatic heterocycles. The summed E-state index contributed by atoms with van der Waals surface area (Å²) in [5, 5.41) is 0. The lowest BCUT2D eigenvalue weighted by Crippen LogP contribution is -2.33. The number of aryl methyl sites for hydroxylation is 1. The summed E-state index contributed by atoms with van der Waals surface area (Å²) >= 11 is 4.31. The number of unbranched alkanes of at least 4 members (excludes halogenated alkanes) is 8. The van der Waals surface area contributed by atoms with Crippen molar-refractivity contribution < 1.29 is 4.57 Å². The molecule has 0 bridgehead atoms. The second-order valence-electron chi connectivity index (χ2n) is 14.2. The smallest absolute Gasteiger partial charge is 0.244 e. The Morgan fingerprint density at radius 2 is 1.27 bits per heavy atom. The minimum Gasteiger partial charge on any atom is -0.367 e. The fourth-order valence-electron chi connectivity index (χ4n) is 7.11. The van der Waals surface area contributed by atoms with Gasteiger partial charge < -0.3 is 9.80 Å². The molecule has 0 aliphatic carbocycles. The van der Waals surface area contributed by atoms with Gasteiger partial charge in [0, 0.05) is 37.6 Å². The summed E-state index contributed by atoms with van der Waals surface area (Å²) in [4.78, 5) is 4.87. The molecule has 7 heteroatoms. The van der Waals surface area contributed by atoms with Gasteiger partial charge in [0.05, 0.1) is 6.54 Å². The lowest BCUT2D eigenvalue weighted by molar-refractivity contribution is -0.687. The molecule has 5 rings (SSSR count). The van der Waals surface area contributed by atoms with Crippen molar-refractivity contribution in [1.29, 1.82) is 0 Å². The van der Waals surface area contributed by atoms with Gasteiger partial charge in [0.2, 0.25) is 6.33 Å². The van der Waals surface area contributed by atoms with E-state index in [4.69, 9.17) is 0 Å². The molecule has 4 nitrogen and oxygen atoms in total. The number of thiol groups is 1. The van der Waals surface area contributed by atoms with Crippen molar-refractivity contribution in [3.8, 4) is 0 Å². The fraction of sp³-hybridized carbons (Fsp3) is 0.439. The summed E-state index contributed by atoms with van der Waals surface area (Å²) < 4.78 is 4.69. The molecule has 2 unspecified atom stereocenters. The topological polar surface area (TPSA) is 15.3 Å². The molecule has 0 amide bonds. The lowest BCUT2D eigenvalue weighted by Gasteiger charge is -2.32. The van der Waals surface area contributed by atoms with Crippen LogP contribution in [0.2, 0.25) is 0 Å². The molecule has 2 aliphatic rings. The Kier molecular flexibility index (Phi) is 13.8. The number of benzene rings is 2. The maximum absolute atomic E-state index is 4.31. The van der Waals surface area contributed by atoms with Crippen LogP contribution in [0, 0.1) is 0 Å². The first-order chi connectivity index (χ1) is 23.4. The molecule has 0 radical (unpaired) electrons. The number of hydrogen-bond donors (Lipinski definition) is 1. The zero-order valence-corrected chi connectivity index (χ0v) is 30.9. The summed E-state index contributed by atoms with van der Waals surface area (Å²) in [6.07, 6.45) is 32.8. The summed E-state index contributed by atoms with van der Waals surface area (Å²) in [6.45, 7) is 8.47. The van der Waals surface area contributed by atoms with E-state index in [1.807, 2.05) is 0 Å². The molecule has 252 valence electrons. The van der Waals surface area contributed by atoms with E-state index in [9.17, 15) is 0 Å². The van der Waals surface area contributed by atoms with Gasteiger partial charge in [-0.05, 0) is 78.9 Å². The molecule has 0 fully saturated rings. The third-order valence-corrected chi connectivity index (χ3v) is 10.1. The van der Waals surface area contributed by atoms with Crippen LogP contribution in [0.3, 0.4) is 0 Å². The van der Waals surface area contributed by atoms with Crippen molar-refractivity contribution in [3.63, 3.8) is 0 Å². The number of allylic oxidation sites excluding steroid dienone is 4. The molecule has 0 spiro atoms. The van der Waals surface area contributed by atoms with Crippen LogP contribution in [0.5, 0.6) is 0 Å². The largest absolute Gasteiger partial charge is 0.367 e. The number of aromatic nitrogens is 2. The standard InChI is InChI=1S/C41H56B2N4S/c1-33-23-38(15-18-46(33)30-35-13-12-14-40(42)26-35)39-16-19-47(34(2)24-39)31-37-25-36(27-41(43)28-37)29-45-21-20-44(32-45)17-10-8-6-4-3-5-7-9-11-22-48/h12-16,18-21,23-28,32-34H,3-11,17,22,29-31,42-43H2,1-2H3/p+1. The molecule has 3 aromatic rings. The predicted molar refractivity (Wildman–Crippen MR) is 213 cm³/mol. The van der Waals surface area contributed by atoms with Crippen LogP contribution in [0.15, 0.2) is 109 Å². The van der Waals surface area contributed by atoms with E-state index in [-0.39, 0.29) is 0 Å². The molecule has 0 N–H and O–H groups in total. The van der Waals surface area contributed by atoms with Gasteiger partial charge in [-0.1, -0.05) is 104 Å². The average Bonchev–Trinajstić information content (AvgIpc) is 3.50. The molecule has 2 aromatic carbocycles. The molecule has 0 saturated heterocycles. The SMILES string of the molecule is Bc1cccc(CN2C=CC(C3=CC(C)N(Cc4cc(B)cc(C[n+]5ccn(CCCCCCCCCCCS)c5)c4)C=C3)=CC2C)c1. The highest BCUT2D eigenvalue weighted by atomic mass is 32.1. The second kappa shape index (κ2) is 18.5. The van der Waals surface area contributed by atoms with Crippen molar-refractivity contribution in [2.24, 2.45) is 0 Å². The van der Waals surface area contributed by atoms with E-state index < -0.39 is 0 Å². The lowest BCUT2D eigenvalue weighted by atomic mass is 9.91. The first-order valence-corrected chi connectivity index (χ1v) is 19.1. The summed E-state index contributed by atoms with van der Waals surface area (Å²) in [6, 6.07) is 16.6. The minimum atomic E-state index is 0.329. The number of nitrogens with zero attached hydrogens (tertiary/aromatic N) is 4. The van der Waals surface area contributed by atoms with E-state index in [0.717, 1.165) is 31.9 Å². The third-order valence-electron chi connectivity index (χ3n) is 9.81. The van der Waals surface area contributed by atoms with E-state index in [2.05, 4.69) is 159 Å². The third kappa shape index (κ3) is 11.1. The summed E-state index contributed by atoms with van der Waals surface area (Å²) in [7, 11) is 4.39. The normalized spacial score (nSPS) is 17.6. The highest BCUT2D eigenvalue weighted by Gasteiger charge is 2.19. The van der Waals surface area contributed by atoms with E-state index in [1.54, 1.807) is 0 Å². The molecular formula is C41H57B2N4S+. The van der Waals surface area contributed by atoms with Gasteiger partial charge >= 0.3 is 0 Å². The van der Waals surface area contributed by atoms with Gasteiger partial charge in [0.1, 0.15) is 34.6 Å². The number of rotatable bonds is 18. The Morgan fingerprint density at radius 3 is 1.90 bits per heavy atom. The quantitative estimate of drug-likeness (QED) is 0.0808. The van der Waals surface area contributed by atoms with Gasteiger partial charge in [0.25, 0.3) is 0 Å². The van der Waals surface area contributed by atoms with Gasteiger partial charge in [-0.25, -0.2) is 9.13 Å². The van der Waals surface area contributed by atoms with Gasteiger partial charge in [-0.3, -0.25) is 0 Å². The summed E-state index contributed by atoms with van der Waals surface area (Å²) in [5.74, 6) is 1.03. The number of imidazole rings is 1. The monoisotopic (exact) mass is 659 g/mol. The Labute approximate surface area is 298 Å². The van der Waals surface area contributed by atoms with Crippen molar-refractivity contribution in [3.05, 3.63) is 126 Å². The Hall–Kier alpha value is -3.31. The fourth-order valence-corrected chi connectivity index (χ4v) is 7.33. The predicted octanol–water partition coefficient (Wildman–Crippen LogP) is 5.77. The molecule has 2 atom stereocenters. The molecule has 0 saturated carbocycles. The van der Waals surface area contributed by atoms with Gasteiger partial charge in [-0.2, -0.15) is 12.6 Å². The molecule has 3 heterocycles. The molecular weight excluding hydrogens is 602 g/mol. The van der Waals surface area contributed by atoms with Gasteiger partial charge in [-0.15, -0.1) is 0 Å².